The lowest BCUT2D eigenvalue weighted by Gasteiger charge is -2.29. The lowest BCUT2D eigenvalue weighted by Crippen LogP contribution is -2.39. The third kappa shape index (κ3) is 17.3. The Morgan fingerprint density at radius 3 is 1.34 bits per heavy atom. The van der Waals surface area contributed by atoms with Crippen molar-refractivity contribution in [1.29, 1.82) is 0 Å². The number of primary amides is 1. The van der Waals surface area contributed by atoms with Crippen molar-refractivity contribution in [3.63, 3.8) is 0 Å². The van der Waals surface area contributed by atoms with Gasteiger partial charge in [0.05, 0.1) is 31.3 Å². The van der Waals surface area contributed by atoms with Gasteiger partial charge in [-0.05, 0) is 132 Å². The summed E-state index contributed by atoms with van der Waals surface area (Å²) < 4.78 is 116. The first-order chi connectivity index (χ1) is 32.9. The average Bonchev–Trinajstić information content (AvgIpc) is 4.12. The summed E-state index contributed by atoms with van der Waals surface area (Å²) in [6.07, 6.45) is 0.995. The number of aliphatic hydroxyl groups is 1. The molecule has 0 aromatic carbocycles. The van der Waals surface area contributed by atoms with Crippen LogP contribution in [0.3, 0.4) is 0 Å². The molecule has 398 valence electrons. The fraction of sp³-hybridized carbons (Fsp3) is 0.474. The van der Waals surface area contributed by atoms with E-state index in [4.69, 9.17) is 11.5 Å². The smallest absolute Gasteiger partial charge is 0.264 e. The van der Waals surface area contributed by atoms with Crippen molar-refractivity contribution in [2.45, 2.75) is 75.1 Å². The van der Waals surface area contributed by atoms with E-state index in [-0.39, 0.29) is 57.0 Å². The van der Waals surface area contributed by atoms with Gasteiger partial charge in [-0.3, -0.25) is 19.2 Å². The number of hydrogen-bond acceptors (Lipinski definition) is 18. The molecular weight excluding hydrogens is 1290 g/mol. The molecule has 21 nitrogen and oxygen atoms in total. The van der Waals surface area contributed by atoms with Crippen molar-refractivity contribution < 1.29 is 62.3 Å². The zero-order valence-electron chi connectivity index (χ0n) is 38.6. The number of nitrogens with one attached hydrogen (secondary N) is 4. The van der Waals surface area contributed by atoms with Crippen molar-refractivity contribution in [3.05, 3.63) is 57.9 Å². The summed E-state index contributed by atoms with van der Waals surface area (Å²) in [5, 5.41) is 9.54. The van der Waals surface area contributed by atoms with E-state index in [0.29, 0.717) is 86.3 Å². The summed E-state index contributed by atoms with van der Waals surface area (Å²) in [5.74, 6) is -0.951. The van der Waals surface area contributed by atoms with Crippen molar-refractivity contribution in [2.24, 2.45) is 11.7 Å². The Hall–Kier alpha value is -2.35. The molecule has 0 bridgehead atoms. The molecule has 2 aliphatic rings. The van der Waals surface area contributed by atoms with E-state index in [9.17, 15) is 62.3 Å². The summed E-state index contributed by atoms with van der Waals surface area (Å²) in [4.78, 5) is 51.5. The summed E-state index contributed by atoms with van der Waals surface area (Å²) in [7, 11) is -8.95. The monoisotopic (exact) mass is 1340 g/mol. The zero-order chi connectivity index (χ0) is 54.0. The maximum Gasteiger partial charge on any atom is 0.264 e. The number of alkyl halides is 1. The Morgan fingerprint density at radius 2 is 1.00 bits per heavy atom. The molecule has 0 atom stereocenters. The molecule has 6 rings (SSSR count). The minimum Gasteiger partial charge on any atom is -0.393 e. The number of carbonyl (C=O) groups is 4. The van der Waals surface area contributed by atoms with Crippen LogP contribution in [0, 0.1) is 5.92 Å². The topological polar surface area (TPSA) is 332 Å². The molecule has 0 radical (unpaired) electrons. The number of hydrogen-bond donors (Lipinski definition) is 7. The standard InChI is InChI=1S/C11H14BrFN2O3S2.C11H15BrN2O4S2.C10H14BrNO3S2.C6H9N3O3S2/c1-14-20(17,18)11-8(12)6-9(19-11)10(16)15-4-2-7(13)3-5-15;1-13-20(17,18)11-8(12)6-9(19-11)10(16)14-4-2-7(15)3-5-14;1-6(2)4-8(13)9-5-7(11)10(16-9)17(14,15)12-3;1-9-14(11,12)4-2-3(5(7)10)6(8)13-4/h6-7,14H,2-5H2,1H3;6-7,13,15H,2-5H2,1H3;5-6,12H,4H2,1-3H3;2,9H,8H2,1H3,(H2,7,10). The molecule has 4 aromatic heterocycles. The zero-order valence-corrected chi connectivity index (χ0v) is 49.9. The summed E-state index contributed by atoms with van der Waals surface area (Å²) in [5.41, 5.74) is 10.4. The Morgan fingerprint density at radius 1 is 0.648 bits per heavy atom. The molecule has 0 aliphatic carbocycles. The second kappa shape index (κ2) is 26.9. The van der Waals surface area contributed by atoms with Gasteiger partial charge in [0.15, 0.2) is 5.78 Å². The van der Waals surface area contributed by atoms with Gasteiger partial charge in [0.2, 0.25) is 10.0 Å². The molecule has 2 saturated heterocycles. The van der Waals surface area contributed by atoms with E-state index in [1.165, 1.54) is 40.3 Å². The first-order valence-electron chi connectivity index (χ1n) is 20.6. The number of sulfonamides is 4. The molecule has 9 N–H and O–H groups in total. The maximum absolute atomic E-state index is 13.1. The minimum absolute atomic E-state index is 0.0219. The highest BCUT2D eigenvalue weighted by Crippen LogP contribution is 2.35. The Balaban J connectivity index is 0.000000253. The third-order valence-electron chi connectivity index (χ3n) is 9.80. The van der Waals surface area contributed by atoms with Gasteiger partial charge in [0, 0.05) is 46.0 Å². The fourth-order valence-corrected chi connectivity index (χ4v) is 18.4. The van der Waals surface area contributed by atoms with Crippen LogP contribution in [0.15, 0.2) is 54.5 Å². The number of thiophene rings is 4. The Bertz CT molecular complexity index is 2890. The van der Waals surface area contributed by atoms with Gasteiger partial charge in [0.25, 0.3) is 47.8 Å². The van der Waals surface area contributed by atoms with Crippen molar-refractivity contribution >= 4 is 162 Å². The predicted octanol–water partition coefficient (Wildman–Crippen LogP) is 4.99. The number of aliphatic hydroxyl groups excluding tert-OH is 1. The van der Waals surface area contributed by atoms with E-state index in [1.807, 2.05) is 13.8 Å². The van der Waals surface area contributed by atoms with Gasteiger partial charge in [-0.25, -0.2) is 56.9 Å². The summed E-state index contributed by atoms with van der Waals surface area (Å²) >= 11 is 13.1. The van der Waals surface area contributed by atoms with E-state index < -0.39 is 52.2 Å². The first kappa shape index (κ1) is 62.9. The molecule has 71 heavy (non-hydrogen) atoms. The van der Waals surface area contributed by atoms with Crippen molar-refractivity contribution in [3.8, 4) is 0 Å². The Labute approximate surface area is 453 Å². The average molecular weight is 1340 g/mol. The number of nitrogen functional groups attached to an aromatic ring is 1. The van der Waals surface area contributed by atoms with Crippen LogP contribution in [0.1, 0.15) is 85.3 Å². The van der Waals surface area contributed by atoms with Gasteiger partial charge in [-0.15, -0.1) is 45.3 Å². The maximum atomic E-state index is 13.1. The SMILES string of the molecule is CNS(=O)(=O)c1cc(C(N)=O)c(N)s1.CNS(=O)(=O)c1sc(C(=O)CC(C)C)cc1Br.CNS(=O)(=O)c1sc(C(=O)N2CCC(F)CC2)cc1Br.CNS(=O)(=O)c1sc(C(=O)N2CCC(O)CC2)cc1Br. The lowest BCUT2D eigenvalue weighted by molar-refractivity contribution is 0.0549. The fourth-order valence-electron chi connectivity index (χ4n) is 5.94. The predicted molar refractivity (Wildman–Crippen MR) is 283 cm³/mol. The number of nitrogens with two attached hydrogens (primary N) is 2. The molecule has 2 fully saturated rings. The second-order valence-electron chi connectivity index (χ2n) is 15.3. The van der Waals surface area contributed by atoms with E-state index in [2.05, 4.69) is 66.7 Å². The summed E-state index contributed by atoms with van der Waals surface area (Å²) in [6, 6.07) is 5.76. The number of anilines is 1. The molecule has 33 heteroatoms. The van der Waals surface area contributed by atoms with E-state index >= 15 is 0 Å². The van der Waals surface area contributed by atoms with Crippen LogP contribution in [0.5, 0.6) is 0 Å². The lowest BCUT2D eigenvalue weighted by atomic mass is 10.1. The van der Waals surface area contributed by atoms with Crippen LogP contribution in [0.2, 0.25) is 0 Å². The van der Waals surface area contributed by atoms with Gasteiger partial charge in [-0.2, -0.15) is 0 Å². The second-order valence-corrected chi connectivity index (χ2v) is 30.4. The Kier molecular flexibility index (Phi) is 23.9. The van der Waals surface area contributed by atoms with Crippen molar-refractivity contribution in [2.75, 3.05) is 60.1 Å². The number of Topliss-reactive ketones (excluding diaryl/α,β-unsaturated/α-hetero) is 1. The highest BCUT2D eigenvalue weighted by molar-refractivity contribution is 9.11. The highest BCUT2D eigenvalue weighted by atomic mass is 79.9. The number of carbonyl (C=O) groups excluding carboxylic acids is 4. The normalized spacial score (nSPS) is 15.0. The molecule has 4 aromatic rings. The molecule has 6 heterocycles. The largest absolute Gasteiger partial charge is 0.393 e. The molecular formula is C38H52Br3FN8O13S8. The number of likely N-dealkylation sites (tertiary alicyclic amines) is 2. The van der Waals surface area contributed by atoms with Crippen LogP contribution < -0.4 is 30.4 Å². The van der Waals surface area contributed by atoms with Gasteiger partial charge < -0.3 is 26.4 Å². The number of nitrogens with zero attached hydrogens (tertiary/aromatic N) is 2. The first-order valence-corrected chi connectivity index (χ1v) is 32.2. The quantitative estimate of drug-likeness (QED) is 0.0818. The number of amides is 3. The molecule has 2 aliphatic heterocycles. The van der Waals surface area contributed by atoms with E-state index in [1.54, 1.807) is 15.9 Å². The summed E-state index contributed by atoms with van der Waals surface area (Å²) in [6.45, 7) is 5.61. The highest BCUT2D eigenvalue weighted by Gasteiger charge is 2.30. The van der Waals surface area contributed by atoms with Gasteiger partial charge in [-0.1, -0.05) is 13.8 Å². The van der Waals surface area contributed by atoms with Crippen LogP contribution in [0.25, 0.3) is 0 Å². The number of halogens is 4. The van der Waals surface area contributed by atoms with Crippen LogP contribution >= 0.6 is 93.1 Å². The number of ketones is 1. The van der Waals surface area contributed by atoms with Gasteiger partial charge >= 0.3 is 0 Å². The molecule has 0 saturated carbocycles. The minimum atomic E-state index is -3.59. The van der Waals surface area contributed by atoms with Crippen LogP contribution in [-0.2, 0) is 40.1 Å². The van der Waals surface area contributed by atoms with Gasteiger partial charge in [0.1, 0.15) is 23.0 Å². The number of piperidine rings is 2. The number of rotatable bonds is 14. The molecule has 0 spiro atoms. The molecule has 0 unspecified atom stereocenters. The third-order valence-corrected chi connectivity index (χ3v) is 25.4. The molecule has 3 amide bonds. The van der Waals surface area contributed by atoms with E-state index in [0.717, 1.165) is 51.4 Å². The van der Waals surface area contributed by atoms with Crippen LogP contribution in [0.4, 0.5) is 9.39 Å². The van der Waals surface area contributed by atoms with Crippen molar-refractivity contribution in [1.82, 2.24) is 28.7 Å². The van der Waals surface area contributed by atoms with Crippen LogP contribution in [-0.4, -0.2) is 139 Å².